The normalized spacial score (nSPS) is 10.6. The van der Waals surface area contributed by atoms with Crippen molar-refractivity contribution in [3.8, 4) is 5.88 Å². The summed E-state index contributed by atoms with van der Waals surface area (Å²) in [6.07, 6.45) is 1.38. The summed E-state index contributed by atoms with van der Waals surface area (Å²) >= 11 is 3.39. The van der Waals surface area contributed by atoms with Gasteiger partial charge in [0.05, 0.1) is 17.4 Å². The van der Waals surface area contributed by atoms with E-state index in [0.29, 0.717) is 16.8 Å². The van der Waals surface area contributed by atoms with Crippen molar-refractivity contribution < 1.29 is 14.3 Å². The van der Waals surface area contributed by atoms with Gasteiger partial charge in [-0.05, 0) is 50.1 Å². The third-order valence-electron chi connectivity index (χ3n) is 4.29. The first-order valence-electron chi connectivity index (χ1n) is 9.01. The summed E-state index contributed by atoms with van der Waals surface area (Å²) in [5.41, 5.74) is 4.57. The molecule has 29 heavy (non-hydrogen) atoms. The Kier molecular flexibility index (Phi) is 6.43. The highest BCUT2D eigenvalue weighted by Gasteiger charge is 2.12. The molecule has 2 amide bonds. The van der Waals surface area contributed by atoms with Crippen LogP contribution < -0.4 is 15.4 Å². The molecule has 0 aliphatic carbocycles. The van der Waals surface area contributed by atoms with Gasteiger partial charge in [-0.3, -0.25) is 9.59 Å². The second-order valence-electron chi connectivity index (χ2n) is 6.73. The number of hydrogen-bond donors (Lipinski definition) is 2. The predicted octanol–water partition coefficient (Wildman–Crippen LogP) is 3.45. The number of carbonyl (C=O) groups is 2. The van der Waals surface area contributed by atoms with Gasteiger partial charge in [0.2, 0.25) is 11.8 Å². The van der Waals surface area contributed by atoms with E-state index in [-0.39, 0.29) is 19.1 Å². The molecule has 150 valence electrons. The molecule has 8 heteroatoms. The third kappa shape index (κ3) is 5.29. The van der Waals surface area contributed by atoms with Gasteiger partial charge in [-0.25, -0.2) is 9.97 Å². The fourth-order valence-electron chi connectivity index (χ4n) is 3.04. The molecule has 0 atom stereocenters. The number of amides is 2. The Morgan fingerprint density at radius 1 is 1.03 bits per heavy atom. The van der Waals surface area contributed by atoms with E-state index in [4.69, 9.17) is 4.74 Å². The summed E-state index contributed by atoms with van der Waals surface area (Å²) in [6.45, 7) is 5.48. The van der Waals surface area contributed by atoms with E-state index in [1.54, 1.807) is 0 Å². The van der Waals surface area contributed by atoms with Crippen molar-refractivity contribution in [2.45, 2.75) is 20.8 Å². The summed E-state index contributed by atoms with van der Waals surface area (Å²) in [6, 6.07) is 9.51. The standard InChI is InChI=1S/C21H21BrN4O3/c1-12-6-13(2)20(14(3)7-12)26-18(27)9-23-19(28)10-29-21-16-8-15(22)4-5-17(16)24-11-25-21/h4-8,11H,9-10H2,1-3H3,(H,23,28)(H,26,27). The lowest BCUT2D eigenvalue weighted by Crippen LogP contribution is -2.36. The van der Waals surface area contributed by atoms with Crippen LogP contribution in [0.25, 0.3) is 10.9 Å². The van der Waals surface area contributed by atoms with Gasteiger partial charge in [-0.15, -0.1) is 0 Å². The first-order valence-corrected chi connectivity index (χ1v) is 9.80. The molecule has 2 aromatic carbocycles. The fraction of sp³-hybridized carbons (Fsp3) is 0.238. The van der Waals surface area contributed by atoms with E-state index in [0.717, 1.165) is 26.9 Å². The van der Waals surface area contributed by atoms with Crippen molar-refractivity contribution in [2.75, 3.05) is 18.5 Å². The second-order valence-corrected chi connectivity index (χ2v) is 7.64. The van der Waals surface area contributed by atoms with Crippen LogP contribution in [0.1, 0.15) is 16.7 Å². The number of nitrogens with zero attached hydrogens (tertiary/aromatic N) is 2. The highest BCUT2D eigenvalue weighted by molar-refractivity contribution is 9.10. The Labute approximate surface area is 177 Å². The first kappa shape index (κ1) is 20.7. The van der Waals surface area contributed by atoms with Gasteiger partial charge in [0.25, 0.3) is 5.91 Å². The SMILES string of the molecule is Cc1cc(C)c(NC(=O)CNC(=O)COc2ncnc3ccc(Br)cc23)c(C)c1. The van der Waals surface area contributed by atoms with Crippen molar-refractivity contribution in [3.05, 3.63) is 57.8 Å². The van der Waals surface area contributed by atoms with E-state index in [1.165, 1.54) is 6.33 Å². The molecule has 3 rings (SSSR count). The Balaban J connectivity index is 1.54. The predicted molar refractivity (Wildman–Crippen MR) is 115 cm³/mol. The van der Waals surface area contributed by atoms with E-state index in [1.807, 2.05) is 51.1 Å². The Morgan fingerprint density at radius 3 is 2.48 bits per heavy atom. The minimum atomic E-state index is -0.417. The minimum absolute atomic E-state index is 0.148. The molecule has 0 fully saturated rings. The van der Waals surface area contributed by atoms with Gasteiger partial charge in [0, 0.05) is 10.2 Å². The summed E-state index contributed by atoms with van der Waals surface area (Å²) in [4.78, 5) is 32.5. The number of halogens is 1. The van der Waals surface area contributed by atoms with Crippen LogP contribution in [-0.4, -0.2) is 34.9 Å². The van der Waals surface area contributed by atoms with Crippen LogP contribution >= 0.6 is 15.9 Å². The summed E-state index contributed by atoms with van der Waals surface area (Å²) in [5, 5.41) is 6.09. The van der Waals surface area contributed by atoms with Gasteiger partial charge < -0.3 is 15.4 Å². The number of aryl methyl sites for hydroxylation is 3. The zero-order valence-electron chi connectivity index (χ0n) is 16.4. The quantitative estimate of drug-likeness (QED) is 0.592. The van der Waals surface area contributed by atoms with Crippen LogP contribution in [0.4, 0.5) is 5.69 Å². The lowest BCUT2D eigenvalue weighted by Gasteiger charge is -2.13. The van der Waals surface area contributed by atoms with Gasteiger partial charge >= 0.3 is 0 Å². The fourth-order valence-corrected chi connectivity index (χ4v) is 3.41. The average Bonchev–Trinajstić information content (AvgIpc) is 2.67. The van der Waals surface area contributed by atoms with E-state index < -0.39 is 5.91 Å². The monoisotopic (exact) mass is 456 g/mol. The van der Waals surface area contributed by atoms with E-state index in [9.17, 15) is 9.59 Å². The van der Waals surface area contributed by atoms with Crippen molar-refractivity contribution >= 4 is 44.3 Å². The van der Waals surface area contributed by atoms with Gasteiger partial charge in [0.1, 0.15) is 6.33 Å². The molecule has 1 aromatic heterocycles. The van der Waals surface area contributed by atoms with Crippen LogP contribution in [0.5, 0.6) is 5.88 Å². The Hall–Kier alpha value is -3.00. The molecule has 0 bridgehead atoms. The summed E-state index contributed by atoms with van der Waals surface area (Å²) in [7, 11) is 0. The number of benzene rings is 2. The van der Waals surface area contributed by atoms with Crippen molar-refractivity contribution in [2.24, 2.45) is 0 Å². The molecule has 2 N–H and O–H groups in total. The van der Waals surface area contributed by atoms with E-state index >= 15 is 0 Å². The number of anilines is 1. The van der Waals surface area contributed by atoms with Crippen molar-refractivity contribution in [1.29, 1.82) is 0 Å². The number of aromatic nitrogens is 2. The average molecular weight is 457 g/mol. The summed E-state index contributed by atoms with van der Waals surface area (Å²) in [5.74, 6) is -0.411. The first-order chi connectivity index (χ1) is 13.8. The van der Waals surface area contributed by atoms with Gasteiger partial charge in [-0.2, -0.15) is 0 Å². The molecule has 0 spiro atoms. The molecular formula is C21H21BrN4O3. The van der Waals surface area contributed by atoms with E-state index in [2.05, 4.69) is 36.5 Å². The van der Waals surface area contributed by atoms with Gasteiger partial charge in [0.15, 0.2) is 6.61 Å². The van der Waals surface area contributed by atoms with Gasteiger partial charge in [-0.1, -0.05) is 33.6 Å². The lowest BCUT2D eigenvalue weighted by molar-refractivity contribution is -0.125. The van der Waals surface area contributed by atoms with Crippen LogP contribution in [0.2, 0.25) is 0 Å². The van der Waals surface area contributed by atoms with Crippen LogP contribution in [0.3, 0.4) is 0 Å². The van der Waals surface area contributed by atoms with Crippen molar-refractivity contribution in [1.82, 2.24) is 15.3 Å². The number of nitrogens with one attached hydrogen (secondary N) is 2. The molecule has 0 unspecified atom stereocenters. The summed E-state index contributed by atoms with van der Waals surface area (Å²) < 4.78 is 6.38. The lowest BCUT2D eigenvalue weighted by atomic mass is 10.1. The zero-order chi connectivity index (χ0) is 21.0. The van der Waals surface area contributed by atoms with Crippen LogP contribution in [-0.2, 0) is 9.59 Å². The molecule has 1 heterocycles. The molecular weight excluding hydrogens is 436 g/mol. The number of hydrogen-bond acceptors (Lipinski definition) is 5. The number of rotatable bonds is 6. The number of ether oxygens (including phenoxy) is 1. The largest absolute Gasteiger partial charge is 0.467 e. The molecule has 7 nitrogen and oxygen atoms in total. The highest BCUT2D eigenvalue weighted by atomic mass is 79.9. The number of carbonyl (C=O) groups excluding carboxylic acids is 2. The minimum Gasteiger partial charge on any atom is -0.467 e. The van der Waals surface area contributed by atoms with Crippen LogP contribution in [0, 0.1) is 20.8 Å². The second kappa shape index (κ2) is 9.00. The maximum atomic E-state index is 12.2. The highest BCUT2D eigenvalue weighted by Crippen LogP contribution is 2.25. The Morgan fingerprint density at radius 2 is 1.76 bits per heavy atom. The Bertz CT molecular complexity index is 1060. The smallest absolute Gasteiger partial charge is 0.258 e. The molecule has 0 aliphatic rings. The topological polar surface area (TPSA) is 93.2 Å². The molecule has 0 radical (unpaired) electrons. The van der Waals surface area contributed by atoms with Crippen molar-refractivity contribution in [3.63, 3.8) is 0 Å². The molecule has 0 saturated heterocycles. The maximum absolute atomic E-state index is 12.2. The third-order valence-corrected chi connectivity index (χ3v) is 4.78. The zero-order valence-corrected chi connectivity index (χ0v) is 18.0. The molecule has 3 aromatic rings. The maximum Gasteiger partial charge on any atom is 0.258 e. The molecule has 0 aliphatic heterocycles. The number of fused-ring (bicyclic) bond motifs is 1. The van der Waals surface area contributed by atoms with Crippen LogP contribution in [0.15, 0.2) is 41.1 Å². The molecule has 0 saturated carbocycles.